The van der Waals surface area contributed by atoms with Crippen molar-refractivity contribution in [2.75, 3.05) is 32.1 Å². The molecule has 44 heavy (non-hydrogen) atoms. The Morgan fingerprint density at radius 3 is 2.48 bits per heavy atom. The molecule has 15 heteroatoms. The molecule has 0 aliphatic rings. The summed E-state index contributed by atoms with van der Waals surface area (Å²) in [5.41, 5.74) is -0.418. The maximum absolute atomic E-state index is 13.8. The van der Waals surface area contributed by atoms with Crippen LogP contribution in [-0.2, 0) is 20.8 Å². The molecule has 0 bridgehead atoms. The summed E-state index contributed by atoms with van der Waals surface area (Å²) in [6, 6.07) is 8.23. The molecular weight excluding hydrogens is 602 g/mol. The van der Waals surface area contributed by atoms with Gasteiger partial charge in [0.15, 0.2) is 0 Å². The maximum Gasteiger partial charge on any atom is 0.412 e. The Balaban J connectivity index is 1.62. The Morgan fingerprint density at radius 2 is 1.75 bits per heavy atom. The molecule has 0 fully saturated rings. The number of likely N-dealkylation sites (N-methyl/N-ethyl adjacent to an activating group) is 1. The number of anilines is 1. The molecule has 0 aliphatic heterocycles. The molecule has 12 nitrogen and oxygen atoms in total. The van der Waals surface area contributed by atoms with Gasteiger partial charge in [-0.3, -0.25) is 10.1 Å². The van der Waals surface area contributed by atoms with Crippen LogP contribution < -0.4 is 21.3 Å². The van der Waals surface area contributed by atoms with Gasteiger partial charge < -0.3 is 30.3 Å². The molecule has 0 saturated carbocycles. The minimum absolute atomic E-state index is 0.101. The zero-order valence-corrected chi connectivity index (χ0v) is 25.3. The second kappa shape index (κ2) is 15.1. The highest BCUT2D eigenvalue weighted by atomic mass is 35.5. The van der Waals surface area contributed by atoms with Gasteiger partial charge in [-0.2, -0.15) is 0 Å². The van der Waals surface area contributed by atoms with E-state index in [1.807, 2.05) is 0 Å². The van der Waals surface area contributed by atoms with E-state index in [1.54, 1.807) is 32.9 Å². The third-order valence-electron chi connectivity index (χ3n) is 5.98. The summed E-state index contributed by atoms with van der Waals surface area (Å²) < 4.78 is 37.8. The number of halogens is 3. The van der Waals surface area contributed by atoms with E-state index >= 15 is 0 Å². The minimum Gasteiger partial charge on any atom is -0.447 e. The largest absolute Gasteiger partial charge is 0.447 e. The fourth-order valence-electron chi connectivity index (χ4n) is 3.71. The number of alkyl carbamates (subject to hydrolysis) is 1. The van der Waals surface area contributed by atoms with E-state index < -0.39 is 53.9 Å². The number of aromatic nitrogens is 1. The molecule has 1 atom stereocenters. The molecule has 0 unspecified atom stereocenters. The highest BCUT2D eigenvalue weighted by molar-refractivity contribution is 6.31. The summed E-state index contributed by atoms with van der Waals surface area (Å²) in [4.78, 5) is 55.0. The van der Waals surface area contributed by atoms with Gasteiger partial charge in [-0.25, -0.2) is 28.1 Å². The van der Waals surface area contributed by atoms with Crippen molar-refractivity contribution < 1.29 is 37.4 Å². The molecule has 3 rings (SSSR count). The zero-order valence-electron chi connectivity index (χ0n) is 24.5. The number of carbonyl (C=O) groups is 4. The summed E-state index contributed by atoms with van der Waals surface area (Å²) in [6.07, 6.45) is -0.255. The molecule has 0 aliphatic carbocycles. The quantitative estimate of drug-likeness (QED) is 0.255. The lowest BCUT2D eigenvalue weighted by Crippen LogP contribution is -2.52. The smallest absolute Gasteiger partial charge is 0.412 e. The van der Waals surface area contributed by atoms with Gasteiger partial charge in [0.1, 0.15) is 29.7 Å². The molecule has 0 radical (unpaired) electrons. The summed E-state index contributed by atoms with van der Waals surface area (Å²) >= 11 is 5.97. The predicted octanol–water partition coefficient (Wildman–Crippen LogP) is 4.57. The van der Waals surface area contributed by atoms with Crippen LogP contribution in [0.4, 0.5) is 29.0 Å². The van der Waals surface area contributed by atoms with Crippen LogP contribution in [0.3, 0.4) is 0 Å². The number of hydrogen-bond acceptors (Lipinski definition) is 7. The van der Waals surface area contributed by atoms with Crippen LogP contribution in [0.5, 0.6) is 0 Å². The summed E-state index contributed by atoms with van der Waals surface area (Å²) in [5.74, 6) is -1.59. The molecule has 0 saturated heterocycles. The van der Waals surface area contributed by atoms with Crippen molar-refractivity contribution in [1.82, 2.24) is 25.8 Å². The van der Waals surface area contributed by atoms with E-state index in [0.717, 1.165) is 0 Å². The van der Waals surface area contributed by atoms with Crippen molar-refractivity contribution in [3.63, 3.8) is 0 Å². The molecule has 0 spiro atoms. The molecule has 236 valence electrons. The number of nitrogens with one attached hydrogen (secondary N) is 4. The minimum atomic E-state index is -0.920. The van der Waals surface area contributed by atoms with Gasteiger partial charge in [0.2, 0.25) is 5.91 Å². The van der Waals surface area contributed by atoms with E-state index in [2.05, 4.69) is 26.3 Å². The predicted molar refractivity (Wildman–Crippen MR) is 159 cm³/mol. The van der Waals surface area contributed by atoms with Crippen LogP contribution in [0.1, 0.15) is 26.3 Å². The third-order valence-corrected chi connectivity index (χ3v) is 6.40. The number of pyridine rings is 1. The molecule has 2 aromatic carbocycles. The van der Waals surface area contributed by atoms with Crippen molar-refractivity contribution in [3.05, 3.63) is 70.9 Å². The monoisotopic (exact) mass is 634 g/mol. The number of fused-ring (bicyclic) bond motifs is 1. The molecule has 4 N–H and O–H groups in total. The van der Waals surface area contributed by atoms with Gasteiger partial charge in [0.25, 0.3) is 0 Å². The lowest BCUT2D eigenvalue weighted by Gasteiger charge is -2.28. The summed E-state index contributed by atoms with van der Waals surface area (Å²) in [5, 5.41) is 11.0. The zero-order chi connectivity index (χ0) is 32.4. The number of hydrogen-bond donors (Lipinski definition) is 4. The SMILES string of the molecule is CN(C(=O)NCc1cccc(F)c1Cl)[C@@H](CNC(=O)CNC(=O)OC(C)(C)C)COC(=O)Nc1cc2cc(F)ccc2cn1. The molecule has 1 aromatic heterocycles. The number of nitrogens with zero attached hydrogens (tertiary/aromatic N) is 2. The van der Waals surface area contributed by atoms with E-state index in [4.69, 9.17) is 21.1 Å². The summed E-state index contributed by atoms with van der Waals surface area (Å²) in [6.45, 7) is 3.95. The van der Waals surface area contributed by atoms with E-state index in [1.165, 1.54) is 48.5 Å². The van der Waals surface area contributed by atoms with Gasteiger partial charge in [-0.15, -0.1) is 0 Å². The highest BCUT2D eigenvalue weighted by Gasteiger charge is 2.24. The number of ether oxygens (including phenoxy) is 2. The van der Waals surface area contributed by atoms with Crippen LogP contribution >= 0.6 is 11.6 Å². The second-order valence-electron chi connectivity index (χ2n) is 10.6. The van der Waals surface area contributed by atoms with Crippen molar-refractivity contribution in [3.8, 4) is 0 Å². The summed E-state index contributed by atoms with van der Waals surface area (Å²) in [7, 11) is 1.40. The third kappa shape index (κ3) is 10.5. The number of carbonyl (C=O) groups excluding carboxylic acids is 4. The Morgan fingerprint density at radius 1 is 1.00 bits per heavy atom. The first-order valence-electron chi connectivity index (χ1n) is 13.4. The average molecular weight is 635 g/mol. The normalized spacial score (nSPS) is 11.7. The van der Waals surface area contributed by atoms with E-state index in [-0.39, 0.29) is 30.5 Å². The number of urea groups is 1. The Kier molecular flexibility index (Phi) is 11.6. The van der Waals surface area contributed by atoms with Gasteiger partial charge in [0, 0.05) is 31.7 Å². The van der Waals surface area contributed by atoms with Crippen LogP contribution in [-0.4, -0.2) is 72.4 Å². The first-order valence-corrected chi connectivity index (χ1v) is 13.8. The lowest BCUT2D eigenvalue weighted by molar-refractivity contribution is -0.120. The Bertz CT molecular complexity index is 1520. The standard InChI is InChI=1S/C29H33ClF2N6O6/c1-29(2,3)44-27(41)36-15-24(39)34-14-21(38(4)26(40)35-13-18-6-5-7-22(32)25(18)30)16-43-28(42)37-23-11-19-10-20(31)9-8-17(19)12-33-23/h5-12,21H,13-16H2,1-4H3,(H,34,39)(H,35,40)(H,36,41)(H,33,37,42)/t21-/m0/s1. The first-order chi connectivity index (χ1) is 20.7. The van der Waals surface area contributed by atoms with Crippen LogP contribution in [0, 0.1) is 11.6 Å². The Hall–Kier alpha value is -4.72. The maximum atomic E-state index is 13.8. The Labute approximate surface area is 257 Å². The van der Waals surface area contributed by atoms with Gasteiger partial charge in [-0.05, 0) is 62.1 Å². The van der Waals surface area contributed by atoms with Gasteiger partial charge >= 0.3 is 18.2 Å². The highest BCUT2D eigenvalue weighted by Crippen LogP contribution is 2.20. The number of rotatable bonds is 10. The second-order valence-corrected chi connectivity index (χ2v) is 11.0. The fraction of sp³-hybridized carbons (Fsp3) is 0.345. The van der Waals surface area contributed by atoms with Gasteiger partial charge in [-0.1, -0.05) is 23.7 Å². The van der Waals surface area contributed by atoms with Crippen molar-refractivity contribution in [1.29, 1.82) is 0 Å². The average Bonchev–Trinajstić information content (AvgIpc) is 2.95. The van der Waals surface area contributed by atoms with E-state index in [0.29, 0.717) is 16.3 Å². The van der Waals surface area contributed by atoms with Crippen molar-refractivity contribution in [2.24, 2.45) is 0 Å². The molecular formula is C29H33ClF2N6O6. The lowest BCUT2D eigenvalue weighted by atomic mass is 10.2. The van der Waals surface area contributed by atoms with Gasteiger partial charge in [0.05, 0.1) is 17.6 Å². The molecule has 3 aromatic rings. The topological polar surface area (TPSA) is 151 Å². The fourth-order valence-corrected chi connectivity index (χ4v) is 3.90. The van der Waals surface area contributed by atoms with Crippen molar-refractivity contribution >= 4 is 52.3 Å². The molecule has 1 heterocycles. The number of benzene rings is 2. The van der Waals surface area contributed by atoms with E-state index in [9.17, 15) is 28.0 Å². The first kappa shape index (κ1) is 33.8. The molecule has 5 amide bonds. The van der Waals surface area contributed by atoms with Crippen LogP contribution in [0.2, 0.25) is 5.02 Å². The van der Waals surface area contributed by atoms with Crippen LogP contribution in [0.25, 0.3) is 10.8 Å². The number of amides is 5. The van der Waals surface area contributed by atoms with Crippen LogP contribution in [0.15, 0.2) is 48.7 Å². The van der Waals surface area contributed by atoms with Crippen molar-refractivity contribution in [2.45, 2.75) is 39.0 Å².